The zero-order valence-corrected chi connectivity index (χ0v) is 12.5. The third-order valence-corrected chi connectivity index (χ3v) is 5.95. The molecule has 0 aromatic heterocycles. The molecule has 1 aliphatic rings. The van der Waals surface area contributed by atoms with Crippen molar-refractivity contribution >= 4 is 27.1 Å². The minimum absolute atomic E-state index is 0.0294. The Morgan fingerprint density at radius 1 is 1.33 bits per heavy atom. The third-order valence-electron chi connectivity index (χ3n) is 3.69. The van der Waals surface area contributed by atoms with Crippen LogP contribution < -0.4 is 11.1 Å². The number of hydrogen-bond acceptors (Lipinski definition) is 4. The van der Waals surface area contributed by atoms with Crippen LogP contribution in [0.15, 0.2) is 18.2 Å². The number of nitrogen functional groups attached to an aromatic ring is 1. The van der Waals surface area contributed by atoms with Crippen molar-refractivity contribution in [3.05, 3.63) is 24.0 Å². The molecule has 1 aromatic carbocycles. The van der Waals surface area contributed by atoms with Gasteiger partial charge in [-0.15, -0.1) is 0 Å². The Hall–Kier alpha value is -1.63. The second-order valence-corrected chi connectivity index (χ2v) is 7.71. The molecule has 21 heavy (non-hydrogen) atoms. The van der Waals surface area contributed by atoms with Gasteiger partial charge in [0.1, 0.15) is 5.82 Å². The van der Waals surface area contributed by atoms with Gasteiger partial charge in [0.15, 0.2) is 9.84 Å². The van der Waals surface area contributed by atoms with Gasteiger partial charge >= 0.3 is 0 Å². The molecule has 0 heterocycles. The molecule has 0 radical (unpaired) electrons. The van der Waals surface area contributed by atoms with Crippen molar-refractivity contribution in [2.24, 2.45) is 0 Å². The lowest BCUT2D eigenvalue weighted by atomic mass is 10.2. The average molecular weight is 314 g/mol. The quantitative estimate of drug-likeness (QED) is 0.814. The number of nitrogens with two attached hydrogens (primary N) is 1. The first-order chi connectivity index (χ1) is 9.88. The molecule has 0 unspecified atom stereocenters. The number of anilines is 2. The molecule has 1 saturated carbocycles. The fourth-order valence-corrected chi connectivity index (χ4v) is 4.36. The maximum atomic E-state index is 13.5. The van der Waals surface area contributed by atoms with E-state index in [2.05, 4.69) is 5.32 Å². The summed E-state index contributed by atoms with van der Waals surface area (Å²) in [6.07, 6.45) is 3.02. The molecule has 1 fully saturated rings. The second-order valence-electron chi connectivity index (χ2n) is 5.31. The van der Waals surface area contributed by atoms with Crippen molar-refractivity contribution < 1.29 is 17.6 Å². The first-order valence-electron chi connectivity index (χ1n) is 6.95. The van der Waals surface area contributed by atoms with Gasteiger partial charge in [-0.25, -0.2) is 12.8 Å². The zero-order valence-electron chi connectivity index (χ0n) is 11.6. The molecule has 0 aliphatic heterocycles. The molecular weight excluding hydrogens is 295 g/mol. The Labute approximate surface area is 123 Å². The molecule has 0 atom stereocenters. The Morgan fingerprint density at radius 3 is 2.67 bits per heavy atom. The number of hydrogen-bond donors (Lipinski definition) is 2. The largest absolute Gasteiger partial charge is 0.399 e. The van der Waals surface area contributed by atoms with Crippen molar-refractivity contribution in [3.8, 4) is 0 Å². The number of rotatable bonds is 5. The van der Waals surface area contributed by atoms with Gasteiger partial charge in [0.05, 0.1) is 16.7 Å². The van der Waals surface area contributed by atoms with Gasteiger partial charge in [-0.2, -0.15) is 0 Å². The van der Waals surface area contributed by atoms with E-state index in [9.17, 15) is 17.6 Å². The lowest BCUT2D eigenvalue weighted by Crippen LogP contribution is -2.24. The van der Waals surface area contributed by atoms with E-state index >= 15 is 0 Å². The summed E-state index contributed by atoms with van der Waals surface area (Å²) in [6.45, 7) is 0. The highest BCUT2D eigenvalue weighted by molar-refractivity contribution is 7.92. The monoisotopic (exact) mass is 314 g/mol. The van der Waals surface area contributed by atoms with Crippen molar-refractivity contribution in [2.45, 2.75) is 37.4 Å². The summed E-state index contributed by atoms with van der Waals surface area (Å²) in [4.78, 5) is 11.8. The molecule has 5 nitrogen and oxygen atoms in total. The van der Waals surface area contributed by atoms with Gasteiger partial charge in [-0.3, -0.25) is 4.79 Å². The fourth-order valence-electron chi connectivity index (χ4n) is 2.50. The standard InChI is InChI=1S/C14H19FN2O3S/c15-12-6-5-10(16)9-13(12)17-14(18)7-8-21(19,20)11-3-1-2-4-11/h5-6,9,11H,1-4,7-8,16H2,(H,17,18). The molecule has 7 heteroatoms. The van der Waals surface area contributed by atoms with Crippen LogP contribution in [0.5, 0.6) is 0 Å². The first kappa shape index (κ1) is 15.8. The van der Waals surface area contributed by atoms with E-state index in [0.717, 1.165) is 18.9 Å². The molecule has 2 rings (SSSR count). The second kappa shape index (κ2) is 6.43. The molecule has 116 valence electrons. The van der Waals surface area contributed by atoms with Gasteiger partial charge in [-0.05, 0) is 31.0 Å². The summed E-state index contributed by atoms with van der Waals surface area (Å²) in [5, 5.41) is 2.03. The SMILES string of the molecule is Nc1ccc(F)c(NC(=O)CCS(=O)(=O)C2CCCC2)c1. The number of amides is 1. The smallest absolute Gasteiger partial charge is 0.225 e. The number of sulfone groups is 1. The Balaban J connectivity index is 1.91. The van der Waals surface area contributed by atoms with Gasteiger partial charge < -0.3 is 11.1 Å². The molecular formula is C14H19FN2O3S. The Kier molecular flexibility index (Phi) is 4.82. The molecule has 1 aliphatic carbocycles. The minimum Gasteiger partial charge on any atom is -0.399 e. The van der Waals surface area contributed by atoms with Crippen LogP contribution in [0, 0.1) is 5.82 Å². The Morgan fingerprint density at radius 2 is 2.00 bits per heavy atom. The van der Waals surface area contributed by atoms with E-state index in [1.165, 1.54) is 12.1 Å². The molecule has 0 saturated heterocycles. The van der Waals surface area contributed by atoms with Crippen LogP contribution in [0.3, 0.4) is 0 Å². The lowest BCUT2D eigenvalue weighted by molar-refractivity contribution is -0.115. The van der Waals surface area contributed by atoms with Crippen molar-refractivity contribution in [1.29, 1.82) is 0 Å². The van der Waals surface area contributed by atoms with E-state index < -0.39 is 21.6 Å². The average Bonchev–Trinajstić information content (AvgIpc) is 2.96. The summed E-state index contributed by atoms with van der Waals surface area (Å²) in [5.74, 6) is -1.33. The zero-order chi connectivity index (χ0) is 15.5. The summed E-state index contributed by atoms with van der Waals surface area (Å²) in [7, 11) is -3.24. The predicted molar refractivity (Wildman–Crippen MR) is 80.1 cm³/mol. The van der Waals surface area contributed by atoms with Crippen LogP contribution in [0.25, 0.3) is 0 Å². The van der Waals surface area contributed by atoms with E-state index in [-0.39, 0.29) is 23.1 Å². The highest BCUT2D eigenvalue weighted by Crippen LogP contribution is 2.25. The highest BCUT2D eigenvalue weighted by Gasteiger charge is 2.28. The van der Waals surface area contributed by atoms with Crippen LogP contribution >= 0.6 is 0 Å². The minimum atomic E-state index is -3.24. The van der Waals surface area contributed by atoms with Crippen LogP contribution in [0.1, 0.15) is 32.1 Å². The first-order valence-corrected chi connectivity index (χ1v) is 8.66. The van der Waals surface area contributed by atoms with Crippen molar-refractivity contribution in [3.63, 3.8) is 0 Å². The molecule has 0 bridgehead atoms. The summed E-state index contributed by atoms with van der Waals surface area (Å²) in [5.41, 5.74) is 5.81. The number of nitrogens with one attached hydrogen (secondary N) is 1. The number of carbonyl (C=O) groups excluding carboxylic acids is 1. The fraction of sp³-hybridized carbons (Fsp3) is 0.500. The molecule has 1 aromatic rings. The van der Waals surface area contributed by atoms with Gasteiger partial charge in [0.2, 0.25) is 5.91 Å². The molecule has 3 N–H and O–H groups in total. The maximum Gasteiger partial charge on any atom is 0.225 e. The van der Waals surface area contributed by atoms with Gasteiger partial charge in [-0.1, -0.05) is 12.8 Å². The number of carbonyl (C=O) groups is 1. The van der Waals surface area contributed by atoms with Crippen LogP contribution in [-0.4, -0.2) is 25.3 Å². The van der Waals surface area contributed by atoms with Gasteiger partial charge in [0, 0.05) is 12.1 Å². The van der Waals surface area contributed by atoms with E-state index in [1.807, 2.05) is 0 Å². The Bertz CT molecular complexity index is 625. The van der Waals surface area contributed by atoms with Crippen LogP contribution in [0.4, 0.5) is 15.8 Å². The van der Waals surface area contributed by atoms with E-state index in [0.29, 0.717) is 18.5 Å². The van der Waals surface area contributed by atoms with E-state index in [4.69, 9.17) is 5.73 Å². The third kappa shape index (κ3) is 4.17. The summed E-state index contributed by atoms with van der Waals surface area (Å²) in [6, 6.07) is 3.84. The van der Waals surface area contributed by atoms with E-state index in [1.54, 1.807) is 0 Å². The van der Waals surface area contributed by atoms with Crippen LogP contribution in [-0.2, 0) is 14.6 Å². The summed E-state index contributed by atoms with van der Waals surface area (Å²) >= 11 is 0. The summed E-state index contributed by atoms with van der Waals surface area (Å²) < 4.78 is 37.5. The lowest BCUT2D eigenvalue weighted by Gasteiger charge is -2.11. The molecule has 1 amide bonds. The highest BCUT2D eigenvalue weighted by atomic mass is 32.2. The van der Waals surface area contributed by atoms with Crippen molar-refractivity contribution in [2.75, 3.05) is 16.8 Å². The normalized spacial score (nSPS) is 16.0. The van der Waals surface area contributed by atoms with Crippen molar-refractivity contribution in [1.82, 2.24) is 0 Å². The topological polar surface area (TPSA) is 89.3 Å². The van der Waals surface area contributed by atoms with Gasteiger partial charge in [0.25, 0.3) is 0 Å². The maximum absolute atomic E-state index is 13.5. The number of halogens is 1. The molecule has 0 spiro atoms. The predicted octanol–water partition coefficient (Wildman–Crippen LogP) is 2.09. The number of benzene rings is 1. The van der Waals surface area contributed by atoms with Crippen LogP contribution in [0.2, 0.25) is 0 Å².